The molecule has 24 heavy (non-hydrogen) atoms. The average molecular weight is 333 g/mol. The first kappa shape index (κ1) is 15.8. The number of carbonyl (C=O) groups is 1. The maximum absolute atomic E-state index is 14.0. The zero-order chi connectivity index (χ0) is 16.9. The Hall–Kier alpha value is -1.66. The Bertz CT molecular complexity index is 660. The molecule has 2 saturated heterocycles. The molecule has 1 aromatic carbocycles. The van der Waals surface area contributed by atoms with Crippen molar-refractivity contribution in [3.63, 3.8) is 0 Å². The summed E-state index contributed by atoms with van der Waals surface area (Å²) in [6.07, 6.45) is 3.99. The third-order valence-corrected chi connectivity index (χ3v) is 6.01. The van der Waals surface area contributed by atoms with E-state index in [0.29, 0.717) is 18.2 Å². The smallest absolute Gasteiger partial charge is 0.254 e. The highest BCUT2D eigenvalue weighted by Gasteiger charge is 2.58. The molecule has 6 heteroatoms. The van der Waals surface area contributed by atoms with Gasteiger partial charge in [-0.25, -0.2) is 4.39 Å². The number of fused-ring (bicyclic) bond motifs is 2. The molecular formula is C18H24FN3O2. The van der Waals surface area contributed by atoms with Gasteiger partial charge in [-0.05, 0) is 50.4 Å². The molecule has 2 heterocycles. The van der Waals surface area contributed by atoms with E-state index in [9.17, 15) is 9.18 Å². The summed E-state index contributed by atoms with van der Waals surface area (Å²) in [5, 5.41) is 0. The second-order valence-corrected chi connectivity index (χ2v) is 7.27. The van der Waals surface area contributed by atoms with Gasteiger partial charge >= 0.3 is 0 Å². The summed E-state index contributed by atoms with van der Waals surface area (Å²) in [6, 6.07) is 5.02. The van der Waals surface area contributed by atoms with Crippen LogP contribution < -0.4 is 10.5 Å². The molecule has 3 aliphatic rings. The Kier molecular flexibility index (Phi) is 3.77. The van der Waals surface area contributed by atoms with E-state index in [2.05, 4.69) is 4.90 Å². The molecule has 1 aliphatic carbocycles. The van der Waals surface area contributed by atoms with Crippen LogP contribution >= 0.6 is 0 Å². The van der Waals surface area contributed by atoms with Gasteiger partial charge in [-0.15, -0.1) is 0 Å². The number of ether oxygens (including phenoxy) is 1. The van der Waals surface area contributed by atoms with E-state index in [0.717, 1.165) is 32.4 Å². The van der Waals surface area contributed by atoms with Crippen LogP contribution in [0.15, 0.2) is 18.2 Å². The van der Waals surface area contributed by atoms with E-state index in [1.54, 1.807) is 6.07 Å². The predicted molar refractivity (Wildman–Crippen MR) is 88.5 cm³/mol. The summed E-state index contributed by atoms with van der Waals surface area (Å²) in [4.78, 5) is 17.6. The SMILES string of the molecule is COc1ccc(C(=O)N2CCN3CCCC3C23CC(N)C3)cc1F. The topological polar surface area (TPSA) is 58.8 Å². The van der Waals surface area contributed by atoms with Crippen molar-refractivity contribution >= 4 is 5.91 Å². The van der Waals surface area contributed by atoms with E-state index in [-0.39, 0.29) is 23.2 Å². The summed E-state index contributed by atoms with van der Waals surface area (Å²) in [7, 11) is 1.42. The summed E-state index contributed by atoms with van der Waals surface area (Å²) in [6.45, 7) is 2.70. The number of amides is 1. The fraction of sp³-hybridized carbons (Fsp3) is 0.611. The van der Waals surface area contributed by atoms with Gasteiger partial charge in [0.1, 0.15) is 0 Å². The molecule has 2 N–H and O–H groups in total. The standard InChI is InChI=1S/C18H24FN3O2/c1-24-15-5-4-12(9-14(15)19)17(23)22-8-7-21-6-2-3-16(21)18(22)10-13(20)11-18/h4-5,9,13,16H,2-3,6-8,10-11,20H2,1H3. The van der Waals surface area contributed by atoms with E-state index in [4.69, 9.17) is 10.5 Å². The van der Waals surface area contributed by atoms with Crippen molar-refractivity contribution in [3.8, 4) is 5.75 Å². The molecule has 1 spiro atoms. The minimum Gasteiger partial charge on any atom is -0.494 e. The number of methoxy groups -OCH3 is 1. The first-order valence-electron chi connectivity index (χ1n) is 8.70. The number of carbonyl (C=O) groups excluding carboxylic acids is 1. The molecule has 1 amide bonds. The lowest BCUT2D eigenvalue weighted by atomic mass is 9.65. The van der Waals surface area contributed by atoms with Crippen molar-refractivity contribution in [2.24, 2.45) is 5.73 Å². The molecule has 3 fully saturated rings. The van der Waals surface area contributed by atoms with Crippen molar-refractivity contribution in [1.29, 1.82) is 0 Å². The van der Waals surface area contributed by atoms with Crippen molar-refractivity contribution < 1.29 is 13.9 Å². The second-order valence-electron chi connectivity index (χ2n) is 7.27. The minimum atomic E-state index is -0.498. The molecule has 2 aliphatic heterocycles. The highest BCUT2D eigenvalue weighted by atomic mass is 19.1. The van der Waals surface area contributed by atoms with Crippen LogP contribution in [0, 0.1) is 5.82 Å². The van der Waals surface area contributed by atoms with Crippen LogP contribution in [0.2, 0.25) is 0 Å². The first-order chi connectivity index (χ1) is 11.5. The van der Waals surface area contributed by atoms with Gasteiger partial charge in [-0.3, -0.25) is 9.69 Å². The lowest BCUT2D eigenvalue weighted by Crippen LogP contribution is -2.74. The van der Waals surface area contributed by atoms with Gasteiger partial charge in [0, 0.05) is 30.7 Å². The minimum absolute atomic E-state index is 0.0880. The lowest BCUT2D eigenvalue weighted by molar-refractivity contribution is -0.0726. The van der Waals surface area contributed by atoms with E-state index < -0.39 is 5.82 Å². The van der Waals surface area contributed by atoms with Crippen LogP contribution in [0.25, 0.3) is 0 Å². The molecule has 1 atom stereocenters. The van der Waals surface area contributed by atoms with Crippen molar-refractivity contribution in [1.82, 2.24) is 9.80 Å². The number of hydrogen-bond acceptors (Lipinski definition) is 4. The number of halogens is 1. The number of rotatable bonds is 2. The molecule has 1 saturated carbocycles. The monoisotopic (exact) mass is 333 g/mol. The van der Waals surface area contributed by atoms with Crippen LogP contribution in [-0.2, 0) is 0 Å². The number of nitrogens with zero attached hydrogens (tertiary/aromatic N) is 2. The number of piperazine rings is 1. The molecule has 1 unspecified atom stereocenters. The van der Waals surface area contributed by atoms with Crippen LogP contribution in [0.4, 0.5) is 4.39 Å². The van der Waals surface area contributed by atoms with Crippen LogP contribution in [0.5, 0.6) is 5.75 Å². The number of hydrogen-bond donors (Lipinski definition) is 1. The highest BCUT2D eigenvalue weighted by Crippen LogP contribution is 2.47. The summed E-state index contributed by atoms with van der Waals surface area (Å²) >= 11 is 0. The normalized spacial score (nSPS) is 32.5. The van der Waals surface area contributed by atoms with Crippen molar-refractivity contribution in [3.05, 3.63) is 29.6 Å². The summed E-state index contributed by atoms with van der Waals surface area (Å²) in [5.74, 6) is -0.426. The zero-order valence-corrected chi connectivity index (χ0v) is 14.0. The van der Waals surface area contributed by atoms with Gasteiger partial charge in [0.25, 0.3) is 5.91 Å². The van der Waals surface area contributed by atoms with Gasteiger partial charge in [0.05, 0.1) is 12.6 Å². The quantitative estimate of drug-likeness (QED) is 0.893. The van der Waals surface area contributed by atoms with E-state index in [1.807, 2.05) is 4.90 Å². The fourth-order valence-corrected chi connectivity index (χ4v) is 4.93. The van der Waals surface area contributed by atoms with Gasteiger partial charge in [0.2, 0.25) is 0 Å². The second kappa shape index (κ2) is 5.70. The first-order valence-corrected chi connectivity index (χ1v) is 8.70. The Morgan fingerprint density at radius 3 is 2.79 bits per heavy atom. The molecule has 0 aromatic heterocycles. The average Bonchev–Trinajstić information content (AvgIpc) is 3.02. The molecule has 5 nitrogen and oxygen atoms in total. The highest BCUT2D eigenvalue weighted by molar-refractivity contribution is 5.95. The third kappa shape index (κ3) is 2.24. The largest absolute Gasteiger partial charge is 0.494 e. The van der Waals surface area contributed by atoms with E-state index in [1.165, 1.54) is 25.7 Å². The van der Waals surface area contributed by atoms with Crippen LogP contribution in [0.1, 0.15) is 36.0 Å². The maximum atomic E-state index is 14.0. The van der Waals surface area contributed by atoms with Crippen molar-refractivity contribution in [2.45, 2.75) is 43.3 Å². The molecule has 1 aromatic rings. The molecule has 130 valence electrons. The summed E-state index contributed by atoms with van der Waals surface area (Å²) < 4.78 is 19.0. The Morgan fingerprint density at radius 1 is 1.33 bits per heavy atom. The Labute approximate surface area is 141 Å². The fourth-order valence-electron chi connectivity index (χ4n) is 4.93. The number of nitrogens with two attached hydrogens (primary N) is 1. The van der Waals surface area contributed by atoms with Crippen LogP contribution in [-0.4, -0.2) is 60.1 Å². The maximum Gasteiger partial charge on any atom is 0.254 e. The molecule has 0 radical (unpaired) electrons. The third-order valence-electron chi connectivity index (χ3n) is 6.01. The zero-order valence-electron chi connectivity index (χ0n) is 14.0. The molecular weight excluding hydrogens is 309 g/mol. The number of benzene rings is 1. The van der Waals surface area contributed by atoms with E-state index >= 15 is 0 Å². The molecule has 0 bridgehead atoms. The van der Waals surface area contributed by atoms with Gasteiger partial charge in [-0.2, -0.15) is 0 Å². The molecule has 4 rings (SSSR count). The lowest BCUT2D eigenvalue weighted by Gasteiger charge is -2.61. The Balaban J connectivity index is 1.64. The van der Waals surface area contributed by atoms with Gasteiger partial charge < -0.3 is 15.4 Å². The predicted octanol–water partition coefficient (Wildman–Crippen LogP) is 1.61. The Morgan fingerprint density at radius 2 is 2.12 bits per heavy atom. The summed E-state index contributed by atoms with van der Waals surface area (Å²) in [5.41, 5.74) is 6.32. The van der Waals surface area contributed by atoms with Gasteiger partial charge in [-0.1, -0.05) is 0 Å². The van der Waals surface area contributed by atoms with Gasteiger partial charge in [0.15, 0.2) is 11.6 Å². The van der Waals surface area contributed by atoms with Crippen LogP contribution in [0.3, 0.4) is 0 Å². The van der Waals surface area contributed by atoms with Crippen molar-refractivity contribution in [2.75, 3.05) is 26.7 Å².